The number of nitrogens with zero attached hydrogens (tertiary/aromatic N) is 6. The maximum Gasteiger partial charge on any atom is 0.270 e. The lowest BCUT2D eigenvalue weighted by molar-refractivity contribution is 0.0930. The van der Waals surface area contributed by atoms with Crippen LogP contribution >= 0.6 is 0 Å². The van der Waals surface area contributed by atoms with Gasteiger partial charge in [-0.2, -0.15) is 5.10 Å². The molecule has 0 saturated carbocycles. The minimum Gasteiger partial charge on any atom is -0.341 e. The summed E-state index contributed by atoms with van der Waals surface area (Å²) >= 11 is 0. The molecule has 1 amide bonds. The predicted molar refractivity (Wildman–Crippen MR) is 79.3 cm³/mol. The smallest absolute Gasteiger partial charge is 0.270 e. The van der Waals surface area contributed by atoms with Crippen molar-refractivity contribution < 1.29 is 4.79 Å². The summed E-state index contributed by atoms with van der Waals surface area (Å²) in [5, 5.41) is 7.06. The Labute approximate surface area is 127 Å². The number of fused-ring (bicyclic) bond motifs is 1. The Kier molecular flexibility index (Phi) is 3.58. The third kappa shape index (κ3) is 2.32. The summed E-state index contributed by atoms with van der Waals surface area (Å²) in [6.45, 7) is 6.36. The van der Waals surface area contributed by atoms with Crippen LogP contribution in [-0.4, -0.2) is 35.0 Å². The Balaban J connectivity index is 1.89. The highest BCUT2D eigenvalue weighted by atomic mass is 16.2. The summed E-state index contributed by atoms with van der Waals surface area (Å²) in [5.74, 6) is 1.02. The predicted octanol–water partition coefficient (Wildman–Crippen LogP) is 1.14. The fraction of sp³-hybridized carbons (Fsp3) is 0.357. The molecule has 0 bridgehead atoms. The molecule has 3 aromatic heterocycles. The van der Waals surface area contributed by atoms with E-state index in [9.17, 15) is 4.79 Å². The minimum absolute atomic E-state index is 0.212. The van der Waals surface area contributed by atoms with Crippen LogP contribution in [0, 0.1) is 6.92 Å². The highest BCUT2D eigenvalue weighted by molar-refractivity contribution is 5.94. The fourth-order valence-corrected chi connectivity index (χ4v) is 2.45. The second-order valence-electron chi connectivity index (χ2n) is 4.96. The second-order valence-corrected chi connectivity index (χ2v) is 4.96. The van der Waals surface area contributed by atoms with E-state index in [1.165, 1.54) is 6.33 Å². The molecule has 1 N–H and O–H groups in total. The van der Waals surface area contributed by atoms with E-state index in [4.69, 9.17) is 0 Å². The van der Waals surface area contributed by atoms with Gasteiger partial charge in [0.1, 0.15) is 17.8 Å². The Bertz CT molecular complexity index is 820. The minimum atomic E-state index is -0.253. The number of amides is 1. The Morgan fingerprint density at radius 3 is 3.00 bits per heavy atom. The van der Waals surface area contributed by atoms with Crippen molar-refractivity contribution in [2.45, 2.75) is 33.4 Å². The number of hydrogen-bond acceptors (Lipinski definition) is 5. The van der Waals surface area contributed by atoms with Crippen LogP contribution in [0.5, 0.6) is 0 Å². The highest BCUT2D eigenvalue weighted by Crippen LogP contribution is 2.13. The van der Waals surface area contributed by atoms with Crippen molar-refractivity contribution in [3.8, 4) is 0 Å². The zero-order valence-corrected chi connectivity index (χ0v) is 12.7. The van der Waals surface area contributed by atoms with E-state index < -0.39 is 0 Å². The fourth-order valence-electron chi connectivity index (χ4n) is 2.45. The van der Waals surface area contributed by atoms with Crippen LogP contribution in [0.2, 0.25) is 0 Å². The molecule has 3 rings (SSSR count). The first-order valence-corrected chi connectivity index (χ1v) is 7.10. The first-order valence-electron chi connectivity index (χ1n) is 7.10. The van der Waals surface area contributed by atoms with Gasteiger partial charge < -0.3 is 5.32 Å². The average Bonchev–Trinajstić information content (AvgIpc) is 3.09. The monoisotopic (exact) mass is 299 g/mol. The molecule has 8 nitrogen and oxygen atoms in total. The van der Waals surface area contributed by atoms with Crippen LogP contribution in [0.1, 0.15) is 41.9 Å². The lowest BCUT2D eigenvalue weighted by Gasteiger charge is -2.14. The standard InChI is InChI=1S/C14H17N7O/c1-4-21-12(16-8-17-21)10(3)18-13(22)11-9(2)19-14-15-6-5-7-20(11)14/h5-8,10H,4H2,1-3H3,(H,18,22)/t10-/m0/s1. The quantitative estimate of drug-likeness (QED) is 0.780. The summed E-state index contributed by atoms with van der Waals surface area (Å²) < 4.78 is 3.44. The van der Waals surface area contributed by atoms with E-state index in [0.717, 1.165) is 5.82 Å². The third-order valence-corrected chi connectivity index (χ3v) is 3.47. The molecule has 0 radical (unpaired) electrons. The molecule has 22 heavy (non-hydrogen) atoms. The molecule has 0 unspecified atom stereocenters. The van der Waals surface area contributed by atoms with Crippen molar-refractivity contribution in [3.05, 3.63) is 42.0 Å². The zero-order chi connectivity index (χ0) is 15.7. The molecule has 8 heteroatoms. The summed E-state index contributed by atoms with van der Waals surface area (Å²) in [5.41, 5.74) is 1.12. The van der Waals surface area contributed by atoms with Gasteiger partial charge in [-0.15, -0.1) is 0 Å². The number of carbonyl (C=O) groups excluding carboxylic acids is 1. The molecule has 0 aliphatic rings. The van der Waals surface area contributed by atoms with E-state index in [-0.39, 0.29) is 11.9 Å². The van der Waals surface area contributed by atoms with Gasteiger partial charge in [-0.3, -0.25) is 9.20 Å². The first kappa shape index (κ1) is 14.2. The summed E-state index contributed by atoms with van der Waals surface area (Å²) in [7, 11) is 0. The number of imidazole rings is 1. The highest BCUT2D eigenvalue weighted by Gasteiger charge is 2.21. The Hall–Kier alpha value is -2.77. The SMILES string of the molecule is CCn1ncnc1[C@H](C)NC(=O)c1c(C)nc2ncccn12. The summed E-state index contributed by atoms with van der Waals surface area (Å²) in [6, 6.07) is 1.51. The average molecular weight is 299 g/mol. The van der Waals surface area contributed by atoms with Crippen LogP contribution in [0.4, 0.5) is 0 Å². The van der Waals surface area contributed by atoms with E-state index in [1.54, 1.807) is 34.5 Å². The number of aryl methyl sites for hydroxylation is 2. The van der Waals surface area contributed by atoms with Crippen molar-refractivity contribution in [1.82, 2.24) is 34.4 Å². The first-order chi connectivity index (χ1) is 10.6. The summed E-state index contributed by atoms with van der Waals surface area (Å²) in [6.07, 6.45) is 4.91. The molecule has 0 aliphatic heterocycles. The van der Waals surface area contributed by atoms with Gasteiger partial charge in [-0.25, -0.2) is 19.6 Å². The molecule has 0 fully saturated rings. The Morgan fingerprint density at radius 2 is 2.23 bits per heavy atom. The number of nitrogens with one attached hydrogen (secondary N) is 1. The molecule has 3 aromatic rings. The molecular weight excluding hydrogens is 282 g/mol. The van der Waals surface area contributed by atoms with Gasteiger partial charge in [0.2, 0.25) is 5.78 Å². The van der Waals surface area contributed by atoms with Gasteiger partial charge in [0, 0.05) is 18.9 Å². The van der Waals surface area contributed by atoms with Crippen LogP contribution in [-0.2, 0) is 6.54 Å². The van der Waals surface area contributed by atoms with Crippen molar-refractivity contribution >= 4 is 11.7 Å². The van der Waals surface area contributed by atoms with Gasteiger partial charge in [0.25, 0.3) is 5.91 Å². The van der Waals surface area contributed by atoms with Crippen molar-refractivity contribution in [3.63, 3.8) is 0 Å². The number of aromatic nitrogens is 6. The number of carbonyl (C=O) groups is 1. The van der Waals surface area contributed by atoms with E-state index in [0.29, 0.717) is 23.7 Å². The molecule has 0 aromatic carbocycles. The maximum absolute atomic E-state index is 12.6. The van der Waals surface area contributed by atoms with Crippen molar-refractivity contribution in [2.24, 2.45) is 0 Å². The largest absolute Gasteiger partial charge is 0.341 e. The van der Waals surface area contributed by atoms with Crippen LogP contribution in [0.25, 0.3) is 5.78 Å². The maximum atomic E-state index is 12.6. The third-order valence-electron chi connectivity index (χ3n) is 3.47. The van der Waals surface area contributed by atoms with Crippen LogP contribution in [0.15, 0.2) is 24.8 Å². The van der Waals surface area contributed by atoms with Crippen LogP contribution in [0.3, 0.4) is 0 Å². The lowest BCUT2D eigenvalue weighted by atomic mass is 10.2. The molecule has 0 aliphatic carbocycles. The summed E-state index contributed by atoms with van der Waals surface area (Å²) in [4.78, 5) is 25.2. The van der Waals surface area contributed by atoms with Crippen LogP contribution < -0.4 is 5.32 Å². The molecule has 1 atom stereocenters. The number of rotatable bonds is 4. The lowest BCUT2D eigenvalue weighted by Crippen LogP contribution is -2.30. The Morgan fingerprint density at radius 1 is 1.41 bits per heavy atom. The second kappa shape index (κ2) is 5.55. The van der Waals surface area contributed by atoms with E-state index in [1.807, 2.05) is 13.8 Å². The van der Waals surface area contributed by atoms with Gasteiger partial charge in [-0.1, -0.05) is 0 Å². The van der Waals surface area contributed by atoms with Crippen molar-refractivity contribution in [1.29, 1.82) is 0 Å². The molecular formula is C14H17N7O. The molecule has 3 heterocycles. The molecule has 0 spiro atoms. The van der Waals surface area contributed by atoms with Gasteiger partial charge >= 0.3 is 0 Å². The topological polar surface area (TPSA) is 90.0 Å². The van der Waals surface area contributed by atoms with Gasteiger partial charge in [0.05, 0.1) is 11.7 Å². The van der Waals surface area contributed by atoms with Gasteiger partial charge in [0.15, 0.2) is 0 Å². The van der Waals surface area contributed by atoms with E-state index in [2.05, 4.69) is 25.4 Å². The normalized spacial score (nSPS) is 12.5. The van der Waals surface area contributed by atoms with E-state index >= 15 is 0 Å². The van der Waals surface area contributed by atoms with Crippen molar-refractivity contribution in [2.75, 3.05) is 0 Å². The molecule has 114 valence electrons. The zero-order valence-electron chi connectivity index (χ0n) is 12.7. The number of hydrogen-bond donors (Lipinski definition) is 1. The van der Waals surface area contributed by atoms with Gasteiger partial charge in [-0.05, 0) is 26.8 Å². The molecule has 0 saturated heterocycles.